The van der Waals surface area contributed by atoms with Crippen LogP contribution in [0, 0.1) is 0 Å². The summed E-state index contributed by atoms with van der Waals surface area (Å²) in [7, 11) is 2.14. The molecule has 1 aromatic rings. The van der Waals surface area contributed by atoms with E-state index in [0.717, 1.165) is 0 Å². The number of pyridine rings is 1. The number of rotatable bonds is 3. The molecule has 0 amide bonds. The average molecular weight is 307 g/mol. The second-order valence-electron chi connectivity index (χ2n) is 6.14. The molecule has 0 bridgehead atoms. The Morgan fingerprint density at radius 2 is 1.48 bits per heavy atom. The maximum absolute atomic E-state index is 4.13. The monoisotopic (exact) mass is 306 g/mol. The summed E-state index contributed by atoms with van der Waals surface area (Å²) in [4.78, 5) is 5.50. The van der Waals surface area contributed by atoms with Gasteiger partial charge in [-0.1, -0.05) is 51.4 Å². The maximum atomic E-state index is 4.13. The van der Waals surface area contributed by atoms with Crippen molar-refractivity contribution in [2.45, 2.75) is 80.4 Å². The molecule has 3 heteroatoms. The van der Waals surface area contributed by atoms with E-state index in [1.165, 1.54) is 69.1 Å². The Hall–Kier alpha value is -0.540. The van der Waals surface area contributed by atoms with Crippen LogP contribution in [0.4, 0.5) is 0 Å². The van der Waals surface area contributed by atoms with Gasteiger partial charge in [0.05, 0.1) is 0 Å². The third-order valence-electron chi connectivity index (χ3n) is 4.51. The third-order valence-corrected chi connectivity index (χ3v) is 5.92. The topological polar surface area (TPSA) is 24.9 Å². The minimum Gasteiger partial charge on any atom is -0.316 e. The van der Waals surface area contributed by atoms with Gasteiger partial charge < -0.3 is 5.32 Å². The molecular weight excluding hydrogens is 276 g/mol. The van der Waals surface area contributed by atoms with Crippen LogP contribution in [0.5, 0.6) is 0 Å². The van der Waals surface area contributed by atoms with Crippen LogP contribution in [-0.2, 0) is 0 Å². The van der Waals surface area contributed by atoms with Crippen molar-refractivity contribution in [2.75, 3.05) is 7.05 Å². The first-order chi connectivity index (χ1) is 10.4. The SMILES string of the molecule is CNC1CCCCCCCCCCC1Sc1ccncc1. The van der Waals surface area contributed by atoms with Gasteiger partial charge in [0.15, 0.2) is 0 Å². The summed E-state index contributed by atoms with van der Waals surface area (Å²) < 4.78 is 0. The van der Waals surface area contributed by atoms with Gasteiger partial charge in [-0.3, -0.25) is 4.98 Å². The molecule has 0 aromatic carbocycles. The van der Waals surface area contributed by atoms with E-state index in [1.807, 2.05) is 24.2 Å². The lowest BCUT2D eigenvalue weighted by atomic mass is 9.97. The number of hydrogen-bond donors (Lipinski definition) is 1. The fourth-order valence-corrected chi connectivity index (χ4v) is 4.57. The molecule has 21 heavy (non-hydrogen) atoms. The molecule has 0 aliphatic heterocycles. The molecule has 1 saturated carbocycles. The van der Waals surface area contributed by atoms with Crippen molar-refractivity contribution >= 4 is 11.8 Å². The Labute approximate surface area is 134 Å². The van der Waals surface area contributed by atoms with E-state index in [4.69, 9.17) is 0 Å². The highest BCUT2D eigenvalue weighted by Crippen LogP contribution is 2.31. The van der Waals surface area contributed by atoms with E-state index < -0.39 is 0 Å². The minimum atomic E-state index is 0.641. The maximum Gasteiger partial charge on any atom is 0.0278 e. The van der Waals surface area contributed by atoms with Gasteiger partial charge in [-0.15, -0.1) is 11.8 Å². The van der Waals surface area contributed by atoms with Crippen molar-refractivity contribution in [1.29, 1.82) is 0 Å². The highest BCUT2D eigenvalue weighted by Gasteiger charge is 2.21. The molecule has 2 rings (SSSR count). The molecular formula is C18H30N2S. The van der Waals surface area contributed by atoms with Crippen molar-refractivity contribution < 1.29 is 0 Å². The zero-order valence-corrected chi connectivity index (χ0v) is 14.2. The predicted octanol–water partition coefficient (Wildman–Crippen LogP) is 5.04. The van der Waals surface area contributed by atoms with Gasteiger partial charge in [0.2, 0.25) is 0 Å². The van der Waals surface area contributed by atoms with Crippen molar-refractivity contribution in [3.05, 3.63) is 24.5 Å². The van der Waals surface area contributed by atoms with E-state index in [9.17, 15) is 0 Å². The average Bonchev–Trinajstić information content (AvgIpc) is 2.51. The summed E-state index contributed by atoms with van der Waals surface area (Å²) in [6.07, 6.45) is 17.8. The molecule has 2 atom stereocenters. The second-order valence-corrected chi connectivity index (χ2v) is 7.45. The van der Waals surface area contributed by atoms with E-state index >= 15 is 0 Å². The van der Waals surface area contributed by atoms with E-state index in [0.29, 0.717) is 11.3 Å². The summed E-state index contributed by atoms with van der Waals surface area (Å²) in [6.45, 7) is 0. The molecule has 1 fully saturated rings. The number of thioether (sulfide) groups is 1. The van der Waals surface area contributed by atoms with Crippen LogP contribution in [0.2, 0.25) is 0 Å². The van der Waals surface area contributed by atoms with Gasteiger partial charge in [0.25, 0.3) is 0 Å². The van der Waals surface area contributed by atoms with Crippen LogP contribution in [0.15, 0.2) is 29.4 Å². The molecule has 118 valence electrons. The van der Waals surface area contributed by atoms with Gasteiger partial charge in [0, 0.05) is 28.6 Å². The first kappa shape index (κ1) is 16.8. The van der Waals surface area contributed by atoms with Gasteiger partial charge in [-0.05, 0) is 32.0 Å². The normalized spacial score (nSPS) is 25.8. The Balaban J connectivity index is 1.96. The van der Waals surface area contributed by atoms with E-state index in [-0.39, 0.29) is 0 Å². The molecule has 1 aliphatic carbocycles. The fraction of sp³-hybridized carbons (Fsp3) is 0.722. The Bertz CT molecular complexity index is 369. The molecule has 0 saturated heterocycles. The first-order valence-corrected chi connectivity index (χ1v) is 9.52. The largest absolute Gasteiger partial charge is 0.316 e. The zero-order chi connectivity index (χ0) is 14.8. The third kappa shape index (κ3) is 6.39. The van der Waals surface area contributed by atoms with Crippen molar-refractivity contribution in [3.8, 4) is 0 Å². The smallest absolute Gasteiger partial charge is 0.0278 e. The molecule has 1 heterocycles. The Morgan fingerprint density at radius 1 is 0.905 bits per heavy atom. The summed E-state index contributed by atoms with van der Waals surface area (Å²) in [5, 5.41) is 4.28. The van der Waals surface area contributed by atoms with Gasteiger partial charge in [-0.25, -0.2) is 0 Å². The number of nitrogens with zero attached hydrogens (tertiary/aromatic N) is 1. The summed E-state index contributed by atoms with van der Waals surface area (Å²) in [6, 6.07) is 4.93. The van der Waals surface area contributed by atoms with Crippen LogP contribution < -0.4 is 5.32 Å². The highest BCUT2D eigenvalue weighted by atomic mass is 32.2. The number of hydrogen-bond acceptors (Lipinski definition) is 3. The number of aromatic nitrogens is 1. The molecule has 1 N–H and O–H groups in total. The lowest BCUT2D eigenvalue weighted by molar-refractivity contribution is 0.434. The molecule has 0 radical (unpaired) electrons. The molecule has 1 aromatic heterocycles. The molecule has 2 unspecified atom stereocenters. The van der Waals surface area contributed by atoms with E-state index in [2.05, 4.69) is 29.5 Å². The van der Waals surface area contributed by atoms with Crippen LogP contribution >= 0.6 is 11.8 Å². The van der Waals surface area contributed by atoms with Crippen molar-refractivity contribution in [1.82, 2.24) is 10.3 Å². The Kier molecular flexibility index (Phi) is 8.20. The highest BCUT2D eigenvalue weighted by molar-refractivity contribution is 8.00. The number of nitrogens with one attached hydrogen (secondary N) is 1. The van der Waals surface area contributed by atoms with Crippen LogP contribution in [-0.4, -0.2) is 23.3 Å². The molecule has 0 spiro atoms. The van der Waals surface area contributed by atoms with Crippen molar-refractivity contribution in [3.63, 3.8) is 0 Å². The standard InChI is InChI=1S/C18H30N2S/c1-19-17-10-8-6-4-2-3-5-7-9-11-18(17)21-16-12-14-20-15-13-16/h12-15,17-19H,2-11H2,1H3. The van der Waals surface area contributed by atoms with Gasteiger partial charge in [-0.2, -0.15) is 0 Å². The summed E-state index contributed by atoms with van der Waals surface area (Å²) in [5.41, 5.74) is 0. The lowest BCUT2D eigenvalue weighted by Crippen LogP contribution is -2.35. The van der Waals surface area contributed by atoms with Crippen molar-refractivity contribution in [2.24, 2.45) is 0 Å². The minimum absolute atomic E-state index is 0.641. The van der Waals surface area contributed by atoms with Crippen LogP contribution in [0.1, 0.15) is 64.2 Å². The predicted molar refractivity (Wildman–Crippen MR) is 92.9 cm³/mol. The Morgan fingerprint density at radius 3 is 2.10 bits per heavy atom. The second kappa shape index (κ2) is 10.2. The molecule has 1 aliphatic rings. The summed E-state index contributed by atoms with van der Waals surface area (Å²) in [5.74, 6) is 0. The summed E-state index contributed by atoms with van der Waals surface area (Å²) >= 11 is 2.05. The van der Waals surface area contributed by atoms with Gasteiger partial charge in [0.1, 0.15) is 0 Å². The zero-order valence-electron chi connectivity index (χ0n) is 13.4. The lowest BCUT2D eigenvalue weighted by Gasteiger charge is -2.27. The van der Waals surface area contributed by atoms with Crippen LogP contribution in [0.25, 0.3) is 0 Å². The fourth-order valence-electron chi connectivity index (χ4n) is 3.22. The van der Waals surface area contributed by atoms with Gasteiger partial charge >= 0.3 is 0 Å². The first-order valence-electron chi connectivity index (χ1n) is 8.64. The van der Waals surface area contributed by atoms with E-state index in [1.54, 1.807) is 0 Å². The van der Waals surface area contributed by atoms with Crippen LogP contribution in [0.3, 0.4) is 0 Å². The quantitative estimate of drug-likeness (QED) is 0.846. The molecule has 2 nitrogen and oxygen atoms in total.